The highest BCUT2D eigenvalue weighted by Gasteiger charge is 2.23. The lowest BCUT2D eigenvalue weighted by molar-refractivity contribution is 0.154. The van der Waals surface area contributed by atoms with Crippen LogP contribution >= 0.6 is 11.3 Å². The van der Waals surface area contributed by atoms with Gasteiger partial charge in [-0.15, -0.1) is 0 Å². The molecule has 0 bridgehead atoms. The van der Waals surface area contributed by atoms with Gasteiger partial charge in [0.1, 0.15) is 0 Å². The summed E-state index contributed by atoms with van der Waals surface area (Å²) in [5.41, 5.74) is 7.38. The summed E-state index contributed by atoms with van der Waals surface area (Å²) in [4.78, 5) is 8.34. The smallest absolute Gasteiger partial charge is 0.185 e. The Bertz CT molecular complexity index is 380. The summed E-state index contributed by atoms with van der Waals surface area (Å²) in [5.74, 6) is 0. The number of fused-ring (bicyclic) bond motifs is 1. The predicted molar refractivity (Wildman–Crippen MR) is 76.4 cm³/mol. The molecule has 0 aliphatic heterocycles. The van der Waals surface area contributed by atoms with E-state index in [9.17, 15) is 0 Å². The van der Waals surface area contributed by atoms with Crippen LogP contribution in [0.3, 0.4) is 0 Å². The number of nitrogens with two attached hydrogens (primary N) is 1. The Morgan fingerprint density at radius 1 is 1.50 bits per heavy atom. The number of likely N-dealkylation sites (N-methyl/N-ethyl adjacent to an activating group) is 1. The van der Waals surface area contributed by atoms with Crippen molar-refractivity contribution in [3.8, 4) is 0 Å². The van der Waals surface area contributed by atoms with Crippen LogP contribution in [0.2, 0.25) is 0 Å². The second-order valence-electron chi connectivity index (χ2n) is 4.58. The molecule has 4 nitrogen and oxygen atoms in total. The molecule has 2 rings (SSSR count). The first-order valence-electron chi connectivity index (χ1n) is 6.84. The molecule has 1 aromatic heterocycles. The highest BCUT2D eigenvalue weighted by Crippen LogP contribution is 2.36. The summed E-state index contributed by atoms with van der Waals surface area (Å²) < 4.78 is 5.42. The first-order valence-corrected chi connectivity index (χ1v) is 7.65. The lowest BCUT2D eigenvalue weighted by Gasteiger charge is -2.19. The van der Waals surface area contributed by atoms with Crippen LogP contribution in [-0.4, -0.2) is 31.3 Å². The van der Waals surface area contributed by atoms with Crippen molar-refractivity contribution in [3.05, 3.63) is 10.6 Å². The molecule has 2 N–H and O–H groups in total. The summed E-state index contributed by atoms with van der Waals surface area (Å²) in [6, 6.07) is 0.200. The van der Waals surface area contributed by atoms with Crippen LogP contribution in [0.4, 0.5) is 5.13 Å². The maximum absolute atomic E-state index is 6.15. The fourth-order valence-electron chi connectivity index (χ4n) is 2.28. The summed E-state index contributed by atoms with van der Waals surface area (Å²) in [7, 11) is 0. The van der Waals surface area contributed by atoms with Gasteiger partial charge in [0, 0.05) is 30.6 Å². The Labute approximate surface area is 113 Å². The van der Waals surface area contributed by atoms with Crippen molar-refractivity contribution in [1.29, 1.82) is 0 Å². The van der Waals surface area contributed by atoms with Crippen molar-refractivity contribution in [2.24, 2.45) is 5.73 Å². The third-order valence-corrected chi connectivity index (χ3v) is 4.63. The number of hydrogen-bond acceptors (Lipinski definition) is 5. The average molecular weight is 269 g/mol. The van der Waals surface area contributed by atoms with Crippen molar-refractivity contribution < 1.29 is 4.74 Å². The van der Waals surface area contributed by atoms with E-state index in [0.717, 1.165) is 44.3 Å². The minimum absolute atomic E-state index is 0.200. The molecule has 1 aromatic rings. The second kappa shape index (κ2) is 6.50. The van der Waals surface area contributed by atoms with E-state index in [1.54, 1.807) is 11.3 Å². The molecule has 102 valence electrons. The van der Waals surface area contributed by atoms with Crippen molar-refractivity contribution in [1.82, 2.24) is 4.98 Å². The lowest BCUT2D eigenvalue weighted by Crippen LogP contribution is -2.27. The molecule has 1 aliphatic rings. The van der Waals surface area contributed by atoms with Crippen LogP contribution in [-0.2, 0) is 11.2 Å². The highest BCUT2D eigenvalue weighted by molar-refractivity contribution is 7.15. The highest BCUT2D eigenvalue weighted by atomic mass is 32.1. The van der Waals surface area contributed by atoms with Gasteiger partial charge in [-0.1, -0.05) is 11.3 Å². The molecule has 0 spiro atoms. The van der Waals surface area contributed by atoms with E-state index in [4.69, 9.17) is 15.5 Å². The van der Waals surface area contributed by atoms with Crippen molar-refractivity contribution >= 4 is 16.5 Å². The van der Waals surface area contributed by atoms with E-state index in [2.05, 4.69) is 11.8 Å². The van der Waals surface area contributed by atoms with E-state index in [0.29, 0.717) is 0 Å². The maximum atomic E-state index is 6.15. The van der Waals surface area contributed by atoms with Gasteiger partial charge in [-0.05, 0) is 33.1 Å². The van der Waals surface area contributed by atoms with E-state index < -0.39 is 0 Å². The molecule has 0 radical (unpaired) electrons. The van der Waals surface area contributed by atoms with Gasteiger partial charge >= 0.3 is 0 Å². The van der Waals surface area contributed by atoms with Gasteiger partial charge in [0.25, 0.3) is 0 Å². The normalized spacial score (nSPS) is 18.7. The Kier molecular flexibility index (Phi) is 4.97. The van der Waals surface area contributed by atoms with E-state index in [-0.39, 0.29) is 6.04 Å². The van der Waals surface area contributed by atoms with Crippen LogP contribution in [0.5, 0.6) is 0 Å². The molecule has 1 unspecified atom stereocenters. The zero-order valence-electron chi connectivity index (χ0n) is 11.3. The lowest BCUT2D eigenvalue weighted by atomic mass is 9.99. The van der Waals surface area contributed by atoms with Gasteiger partial charge < -0.3 is 15.4 Å². The van der Waals surface area contributed by atoms with Gasteiger partial charge in [0.15, 0.2) is 5.13 Å². The number of anilines is 1. The van der Waals surface area contributed by atoms with E-state index >= 15 is 0 Å². The van der Waals surface area contributed by atoms with Gasteiger partial charge in [0.05, 0.1) is 12.3 Å². The Balaban J connectivity index is 2.06. The molecule has 0 saturated carbocycles. The van der Waals surface area contributed by atoms with E-state index in [1.807, 2.05) is 6.92 Å². The molecular weight excluding hydrogens is 246 g/mol. The topological polar surface area (TPSA) is 51.4 Å². The summed E-state index contributed by atoms with van der Waals surface area (Å²) in [6.07, 6.45) is 3.35. The van der Waals surface area contributed by atoms with Gasteiger partial charge in [-0.3, -0.25) is 0 Å². The largest absolute Gasteiger partial charge is 0.380 e. The Morgan fingerprint density at radius 3 is 3.00 bits per heavy atom. The zero-order chi connectivity index (χ0) is 13.0. The number of nitrogens with zero attached hydrogens (tertiary/aromatic N) is 2. The zero-order valence-corrected chi connectivity index (χ0v) is 12.1. The number of ether oxygens (including phenoxy) is 1. The molecular formula is C13H23N3OS. The Hall–Kier alpha value is -0.650. The van der Waals surface area contributed by atoms with Crippen LogP contribution < -0.4 is 10.6 Å². The standard InChI is InChI=1S/C13H23N3OS/c1-3-16(8-9-17-4-2)13-15-11-7-5-6-10(14)12(11)18-13/h10H,3-9,14H2,1-2H3. The fraction of sp³-hybridized carbons (Fsp3) is 0.769. The first kappa shape index (κ1) is 13.8. The third-order valence-electron chi connectivity index (χ3n) is 3.34. The molecule has 0 amide bonds. The quantitative estimate of drug-likeness (QED) is 0.805. The molecule has 1 aliphatic carbocycles. The van der Waals surface area contributed by atoms with Crippen LogP contribution in [0.15, 0.2) is 0 Å². The molecule has 0 saturated heterocycles. The minimum Gasteiger partial charge on any atom is -0.380 e. The molecule has 0 fully saturated rings. The minimum atomic E-state index is 0.200. The number of aromatic nitrogens is 1. The van der Waals surface area contributed by atoms with E-state index in [1.165, 1.54) is 17.0 Å². The number of aryl methyl sites for hydroxylation is 1. The summed E-state index contributed by atoms with van der Waals surface area (Å²) >= 11 is 1.77. The molecule has 1 heterocycles. The monoisotopic (exact) mass is 269 g/mol. The molecule has 0 aromatic carbocycles. The average Bonchev–Trinajstić information content (AvgIpc) is 2.80. The number of rotatable bonds is 6. The number of hydrogen-bond donors (Lipinski definition) is 1. The maximum Gasteiger partial charge on any atom is 0.185 e. The van der Waals surface area contributed by atoms with Crippen molar-refractivity contribution in [3.63, 3.8) is 0 Å². The van der Waals surface area contributed by atoms with Crippen LogP contribution in [0.1, 0.15) is 43.3 Å². The summed E-state index contributed by atoms with van der Waals surface area (Å²) in [6.45, 7) is 7.60. The summed E-state index contributed by atoms with van der Waals surface area (Å²) in [5, 5.41) is 1.11. The van der Waals surface area contributed by atoms with Crippen LogP contribution in [0.25, 0.3) is 0 Å². The third kappa shape index (κ3) is 3.02. The van der Waals surface area contributed by atoms with Crippen molar-refractivity contribution in [2.45, 2.75) is 39.2 Å². The predicted octanol–water partition coefficient (Wildman–Crippen LogP) is 2.34. The van der Waals surface area contributed by atoms with Gasteiger partial charge in [-0.2, -0.15) is 0 Å². The van der Waals surface area contributed by atoms with Gasteiger partial charge in [0.2, 0.25) is 0 Å². The molecule has 1 atom stereocenters. The first-order chi connectivity index (χ1) is 8.76. The molecule has 18 heavy (non-hydrogen) atoms. The molecule has 5 heteroatoms. The Morgan fingerprint density at radius 2 is 2.33 bits per heavy atom. The number of thiazole rings is 1. The fourth-order valence-corrected chi connectivity index (χ4v) is 3.52. The van der Waals surface area contributed by atoms with Gasteiger partial charge in [-0.25, -0.2) is 4.98 Å². The SMILES string of the molecule is CCOCCN(CC)c1nc2c(s1)C(N)CCC2. The second-order valence-corrected chi connectivity index (χ2v) is 5.59. The van der Waals surface area contributed by atoms with Crippen LogP contribution in [0, 0.1) is 0 Å². The van der Waals surface area contributed by atoms with Crippen molar-refractivity contribution in [2.75, 3.05) is 31.2 Å².